The minimum Gasteiger partial charge on any atom is -0.444 e. The van der Waals surface area contributed by atoms with Crippen LogP contribution in [0.2, 0.25) is 0 Å². The molecule has 1 amide bonds. The largest absolute Gasteiger partial charge is 0.444 e. The van der Waals surface area contributed by atoms with Crippen molar-refractivity contribution in [1.29, 1.82) is 0 Å². The minimum absolute atomic E-state index is 0.102. The van der Waals surface area contributed by atoms with Gasteiger partial charge in [0.05, 0.1) is 12.6 Å². The number of guanidine groups is 1. The van der Waals surface area contributed by atoms with Crippen molar-refractivity contribution < 1.29 is 9.53 Å². The molecule has 2 N–H and O–H groups in total. The maximum absolute atomic E-state index is 12.0. The SMILES string of the molecule is CCNC(=NCCN(C)C1CCCC1)N1CCC(NC(=O)OC(C)(C)C)C1. The van der Waals surface area contributed by atoms with Crippen LogP contribution in [-0.4, -0.2) is 79.3 Å². The Morgan fingerprint density at radius 1 is 1.26 bits per heavy atom. The molecule has 1 unspecified atom stereocenters. The summed E-state index contributed by atoms with van der Waals surface area (Å²) in [5, 5.41) is 6.37. The van der Waals surface area contributed by atoms with Crippen LogP contribution in [0.25, 0.3) is 0 Å². The maximum Gasteiger partial charge on any atom is 0.407 e. The van der Waals surface area contributed by atoms with E-state index in [-0.39, 0.29) is 12.1 Å². The third kappa shape index (κ3) is 7.56. The molecule has 1 atom stereocenters. The van der Waals surface area contributed by atoms with Gasteiger partial charge >= 0.3 is 6.09 Å². The normalized spacial score (nSPS) is 21.8. The molecule has 0 aromatic rings. The van der Waals surface area contributed by atoms with Crippen LogP contribution in [0.4, 0.5) is 4.79 Å². The summed E-state index contributed by atoms with van der Waals surface area (Å²) >= 11 is 0. The van der Waals surface area contributed by atoms with E-state index < -0.39 is 5.60 Å². The van der Waals surface area contributed by atoms with Crippen LogP contribution in [0.5, 0.6) is 0 Å². The Labute approximate surface area is 164 Å². The monoisotopic (exact) mass is 381 g/mol. The summed E-state index contributed by atoms with van der Waals surface area (Å²) < 4.78 is 5.36. The summed E-state index contributed by atoms with van der Waals surface area (Å²) in [4.78, 5) is 21.5. The van der Waals surface area contributed by atoms with E-state index in [4.69, 9.17) is 9.73 Å². The number of ether oxygens (including phenoxy) is 1. The highest BCUT2D eigenvalue weighted by atomic mass is 16.6. The molecule has 0 aromatic carbocycles. The fourth-order valence-electron chi connectivity index (χ4n) is 3.81. The molecule has 1 aliphatic carbocycles. The van der Waals surface area contributed by atoms with Gasteiger partial charge in [-0.3, -0.25) is 4.99 Å². The Balaban J connectivity index is 1.80. The van der Waals surface area contributed by atoms with Gasteiger partial charge < -0.3 is 25.2 Å². The second-order valence-electron chi connectivity index (χ2n) is 8.73. The number of likely N-dealkylation sites (tertiary alicyclic amines) is 1. The van der Waals surface area contributed by atoms with Crippen LogP contribution >= 0.6 is 0 Å². The predicted molar refractivity (Wildman–Crippen MR) is 110 cm³/mol. The Hall–Kier alpha value is -1.50. The van der Waals surface area contributed by atoms with Gasteiger partial charge in [-0.25, -0.2) is 4.79 Å². The molecular weight excluding hydrogens is 342 g/mol. The Morgan fingerprint density at radius 3 is 2.59 bits per heavy atom. The highest BCUT2D eigenvalue weighted by molar-refractivity contribution is 5.80. The molecule has 0 aromatic heterocycles. The summed E-state index contributed by atoms with van der Waals surface area (Å²) in [6.45, 7) is 12.0. The predicted octanol–water partition coefficient (Wildman–Crippen LogP) is 2.43. The molecule has 7 nitrogen and oxygen atoms in total. The van der Waals surface area contributed by atoms with Crippen LogP contribution < -0.4 is 10.6 Å². The van der Waals surface area contributed by atoms with E-state index in [0.717, 1.165) is 51.1 Å². The lowest BCUT2D eigenvalue weighted by Crippen LogP contribution is -2.44. The van der Waals surface area contributed by atoms with E-state index in [2.05, 4.69) is 34.4 Å². The van der Waals surface area contributed by atoms with E-state index in [0.29, 0.717) is 0 Å². The summed E-state index contributed by atoms with van der Waals surface area (Å²) in [5.74, 6) is 0.950. The van der Waals surface area contributed by atoms with Crippen molar-refractivity contribution in [3.63, 3.8) is 0 Å². The van der Waals surface area contributed by atoms with Crippen molar-refractivity contribution >= 4 is 12.1 Å². The average molecular weight is 382 g/mol. The molecule has 2 fully saturated rings. The molecule has 1 aliphatic heterocycles. The van der Waals surface area contributed by atoms with Gasteiger partial charge in [-0.1, -0.05) is 12.8 Å². The maximum atomic E-state index is 12.0. The zero-order valence-corrected chi connectivity index (χ0v) is 17.9. The number of carbonyl (C=O) groups excluding carboxylic acids is 1. The molecule has 0 radical (unpaired) electrons. The highest BCUT2D eigenvalue weighted by Gasteiger charge is 2.28. The Kier molecular flexibility index (Phi) is 8.20. The lowest BCUT2D eigenvalue weighted by atomic mass is 10.2. The highest BCUT2D eigenvalue weighted by Crippen LogP contribution is 2.22. The number of aliphatic imine (C=N–C) groups is 1. The summed E-state index contributed by atoms with van der Waals surface area (Å²) in [5.41, 5.74) is -0.468. The first-order valence-electron chi connectivity index (χ1n) is 10.5. The third-order valence-corrected chi connectivity index (χ3v) is 5.21. The van der Waals surface area contributed by atoms with E-state index in [1.807, 2.05) is 20.8 Å². The molecule has 7 heteroatoms. The first kappa shape index (κ1) is 21.8. The van der Waals surface area contributed by atoms with Gasteiger partial charge in [0.2, 0.25) is 0 Å². The second kappa shape index (κ2) is 10.2. The number of alkyl carbamates (subject to hydrolysis) is 1. The van der Waals surface area contributed by atoms with Crippen LogP contribution in [0.3, 0.4) is 0 Å². The van der Waals surface area contributed by atoms with E-state index in [1.54, 1.807) is 0 Å². The topological polar surface area (TPSA) is 69.2 Å². The van der Waals surface area contributed by atoms with E-state index >= 15 is 0 Å². The minimum atomic E-state index is -0.468. The van der Waals surface area contributed by atoms with Crippen molar-refractivity contribution in [1.82, 2.24) is 20.4 Å². The molecule has 2 aliphatic rings. The number of amides is 1. The van der Waals surface area contributed by atoms with Crippen molar-refractivity contribution in [2.75, 3.05) is 39.8 Å². The zero-order valence-electron chi connectivity index (χ0n) is 17.9. The molecule has 1 heterocycles. The second-order valence-corrected chi connectivity index (χ2v) is 8.73. The lowest BCUT2D eigenvalue weighted by Gasteiger charge is -2.25. The number of carbonyl (C=O) groups is 1. The number of nitrogens with zero attached hydrogens (tertiary/aromatic N) is 3. The Morgan fingerprint density at radius 2 is 1.96 bits per heavy atom. The first-order valence-corrected chi connectivity index (χ1v) is 10.5. The van der Waals surface area contributed by atoms with Crippen molar-refractivity contribution in [2.45, 2.75) is 77.5 Å². The standard InChI is InChI=1S/C20H39N5O2/c1-6-21-18(22-12-14-24(5)17-9-7-8-10-17)25-13-11-16(15-25)23-19(26)27-20(2,3)4/h16-17H,6-15H2,1-5H3,(H,21,22)(H,23,26). The number of rotatable bonds is 6. The van der Waals surface area contributed by atoms with E-state index in [1.165, 1.54) is 25.7 Å². The summed E-state index contributed by atoms with van der Waals surface area (Å²) in [7, 11) is 2.22. The molecule has 2 rings (SSSR count). The van der Waals surface area contributed by atoms with Gasteiger partial charge in [-0.05, 0) is 54.0 Å². The quantitative estimate of drug-likeness (QED) is 0.546. The van der Waals surface area contributed by atoms with Crippen LogP contribution in [-0.2, 0) is 4.74 Å². The lowest BCUT2D eigenvalue weighted by molar-refractivity contribution is 0.0507. The van der Waals surface area contributed by atoms with Crippen molar-refractivity contribution in [3.05, 3.63) is 0 Å². The Bertz CT molecular complexity index is 497. The number of hydrogen-bond donors (Lipinski definition) is 2. The van der Waals surface area contributed by atoms with Gasteiger partial charge in [-0.15, -0.1) is 0 Å². The smallest absolute Gasteiger partial charge is 0.407 e. The van der Waals surface area contributed by atoms with Crippen LogP contribution in [0.15, 0.2) is 4.99 Å². The molecule has 1 saturated carbocycles. The van der Waals surface area contributed by atoms with E-state index in [9.17, 15) is 4.79 Å². The van der Waals surface area contributed by atoms with Crippen LogP contribution in [0, 0.1) is 0 Å². The van der Waals surface area contributed by atoms with Gasteiger partial charge in [0.25, 0.3) is 0 Å². The molecule has 27 heavy (non-hydrogen) atoms. The molecule has 0 spiro atoms. The van der Waals surface area contributed by atoms with Gasteiger partial charge in [-0.2, -0.15) is 0 Å². The molecule has 1 saturated heterocycles. The average Bonchev–Trinajstić information content (AvgIpc) is 3.23. The van der Waals surface area contributed by atoms with Gasteiger partial charge in [0.15, 0.2) is 5.96 Å². The summed E-state index contributed by atoms with van der Waals surface area (Å²) in [6, 6.07) is 0.835. The molecule has 0 bridgehead atoms. The number of hydrogen-bond acceptors (Lipinski definition) is 4. The van der Waals surface area contributed by atoms with Gasteiger partial charge in [0, 0.05) is 32.2 Å². The first-order chi connectivity index (χ1) is 12.8. The third-order valence-electron chi connectivity index (χ3n) is 5.21. The zero-order chi connectivity index (χ0) is 19.9. The van der Waals surface area contributed by atoms with Crippen LogP contribution in [0.1, 0.15) is 59.8 Å². The molecular formula is C20H39N5O2. The number of likely N-dealkylation sites (N-methyl/N-ethyl adjacent to an activating group) is 1. The fraction of sp³-hybridized carbons (Fsp3) is 0.900. The van der Waals surface area contributed by atoms with Crippen molar-refractivity contribution in [3.8, 4) is 0 Å². The van der Waals surface area contributed by atoms with Gasteiger partial charge in [0.1, 0.15) is 5.60 Å². The summed E-state index contributed by atoms with van der Waals surface area (Å²) in [6.07, 6.45) is 5.94. The van der Waals surface area contributed by atoms with Crippen molar-refractivity contribution in [2.24, 2.45) is 4.99 Å². The number of nitrogens with one attached hydrogen (secondary N) is 2. The molecule has 156 valence electrons. The fourth-order valence-corrected chi connectivity index (χ4v) is 3.81.